The van der Waals surface area contributed by atoms with Crippen LogP contribution >= 0.6 is 0 Å². The molecule has 4 atom stereocenters. The predicted octanol–water partition coefficient (Wildman–Crippen LogP) is -2.65. The van der Waals surface area contributed by atoms with Crippen LogP contribution in [0.3, 0.4) is 0 Å². The Hall–Kier alpha value is -1.99. The van der Waals surface area contributed by atoms with Gasteiger partial charge in [-0.05, 0) is 6.92 Å². The highest BCUT2D eigenvalue weighted by Crippen LogP contribution is 2.35. The number of nitriles is 1. The SMILES string of the molecule is Cc1cn([C@@H]2O[C@](C#N)(CO)C(O)C2O)c(=O)[nH]c1=O. The number of hydrogen-bond acceptors (Lipinski definition) is 7. The largest absolute Gasteiger partial charge is 0.392 e. The first-order valence-electron chi connectivity index (χ1n) is 5.74. The fourth-order valence-corrected chi connectivity index (χ4v) is 2.04. The molecule has 2 rings (SSSR count). The average Bonchev–Trinajstić information content (AvgIpc) is 2.68. The van der Waals surface area contributed by atoms with Gasteiger partial charge in [-0.1, -0.05) is 0 Å². The molecule has 0 saturated carbocycles. The van der Waals surface area contributed by atoms with Gasteiger partial charge in [0.1, 0.15) is 18.3 Å². The van der Waals surface area contributed by atoms with E-state index in [1.54, 1.807) is 6.07 Å². The predicted molar refractivity (Wildman–Crippen MR) is 63.6 cm³/mol. The van der Waals surface area contributed by atoms with E-state index in [-0.39, 0.29) is 5.56 Å². The van der Waals surface area contributed by atoms with Gasteiger partial charge in [-0.15, -0.1) is 0 Å². The number of aliphatic hydroxyl groups excluding tert-OH is 3. The van der Waals surface area contributed by atoms with Crippen molar-refractivity contribution in [1.29, 1.82) is 5.26 Å². The zero-order valence-electron chi connectivity index (χ0n) is 10.5. The number of rotatable bonds is 2. The molecular formula is C11H13N3O6. The van der Waals surface area contributed by atoms with Crippen molar-refractivity contribution in [1.82, 2.24) is 9.55 Å². The van der Waals surface area contributed by atoms with E-state index in [1.807, 2.05) is 4.98 Å². The Morgan fingerprint density at radius 2 is 2.20 bits per heavy atom. The van der Waals surface area contributed by atoms with Crippen molar-refractivity contribution in [2.45, 2.75) is 31.0 Å². The molecule has 0 spiro atoms. The number of hydrogen-bond donors (Lipinski definition) is 4. The summed E-state index contributed by atoms with van der Waals surface area (Å²) in [5.41, 5.74) is -3.28. The Balaban J connectivity index is 2.51. The molecule has 0 amide bonds. The number of nitrogens with zero attached hydrogens (tertiary/aromatic N) is 2. The number of H-pyrrole nitrogens is 1. The first-order valence-corrected chi connectivity index (χ1v) is 5.74. The quantitative estimate of drug-likeness (QED) is 0.463. The molecule has 1 fully saturated rings. The molecule has 0 aromatic carbocycles. The zero-order chi connectivity index (χ0) is 15.1. The molecule has 1 aliphatic heterocycles. The van der Waals surface area contributed by atoms with E-state index in [0.717, 1.165) is 10.8 Å². The maximum absolute atomic E-state index is 11.7. The lowest BCUT2D eigenvalue weighted by atomic mass is 9.98. The highest BCUT2D eigenvalue weighted by molar-refractivity contribution is 5.14. The van der Waals surface area contributed by atoms with Crippen LogP contribution in [0.1, 0.15) is 11.8 Å². The average molecular weight is 283 g/mol. The Labute approximate surface area is 112 Å². The highest BCUT2D eigenvalue weighted by atomic mass is 16.6. The number of nitrogens with one attached hydrogen (secondary N) is 1. The molecule has 108 valence electrons. The van der Waals surface area contributed by atoms with Crippen molar-refractivity contribution in [2.75, 3.05) is 6.61 Å². The summed E-state index contributed by atoms with van der Waals surface area (Å²) in [6.07, 6.45) is -3.54. The summed E-state index contributed by atoms with van der Waals surface area (Å²) in [6, 6.07) is 1.58. The third kappa shape index (κ3) is 1.95. The molecule has 0 bridgehead atoms. The topological polar surface area (TPSA) is 149 Å². The van der Waals surface area contributed by atoms with Gasteiger partial charge >= 0.3 is 5.69 Å². The normalized spacial score (nSPS) is 33.0. The van der Waals surface area contributed by atoms with Gasteiger partial charge in [0, 0.05) is 11.8 Å². The molecule has 1 saturated heterocycles. The van der Waals surface area contributed by atoms with Gasteiger partial charge < -0.3 is 20.1 Å². The van der Waals surface area contributed by atoms with Crippen molar-refractivity contribution in [3.63, 3.8) is 0 Å². The van der Waals surface area contributed by atoms with Crippen molar-refractivity contribution in [3.8, 4) is 6.07 Å². The van der Waals surface area contributed by atoms with Crippen molar-refractivity contribution >= 4 is 0 Å². The van der Waals surface area contributed by atoms with Crippen LogP contribution < -0.4 is 11.2 Å². The molecule has 0 aliphatic carbocycles. The molecule has 9 nitrogen and oxygen atoms in total. The van der Waals surface area contributed by atoms with E-state index < -0.39 is 41.9 Å². The van der Waals surface area contributed by atoms with Crippen molar-refractivity contribution < 1.29 is 20.1 Å². The number of aromatic nitrogens is 2. The van der Waals surface area contributed by atoms with Crippen LogP contribution in [0, 0.1) is 18.3 Å². The van der Waals surface area contributed by atoms with Gasteiger partial charge in [-0.25, -0.2) is 4.79 Å². The first kappa shape index (κ1) is 14.4. The number of aryl methyl sites for hydroxylation is 1. The summed E-state index contributed by atoms with van der Waals surface area (Å²) in [7, 11) is 0. The Kier molecular flexibility index (Phi) is 3.49. The van der Waals surface area contributed by atoms with Crippen LogP contribution in [-0.4, -0.2) is 49.3 Å². The maximum atomic E-state index is 11.7. The van der Waals surface area contributed by atoms with Gasteiger partial charge in [-0.3, -0.25) is 14.3 Å². The number of ether oxygens (including phenoxy) is 1. The molecule has 2 heterocycles. The van der Waals surface area contributed by atoms with Crippen LogP contribution in [-0.2, 0) is 4.74 Å². The molecule has 20 heavy (non-hydrogen) atoms. The maximum Gasteiger partial charge on any atom is 0.330 e. The summed E-state index contributed by atoms with van der Waals surface area (Å²) in [5.74, 6) is 0. The lowest BCUT2D eigenvalue weighted by molar-refractivity contribution is -0.0948. The summed E-state index contributed by atoms with van der Waals surface area (Å²) in [5, 5.41) is 37.9. The van der Waals surface area contributed by atoms with Gasteiger partial charge in [0.2, 0.25) is 5.60 Å². The van der Waals surface area contributed by atoms with Crippen molar-refractivity contribution in [3.05, 3.63) is 32.6 Å². The summed E-state index contributed by atoms with van der Waals surface area (Å²) in [4.78, 5) is 25.0. The van der Waals surface area contributed by atoms with Crippen LogP contribution in [0.25, 0.3) is 0 Å². The van der Waals surface area contributed by atoms with E-state index in [9.17, 15) is 24.9 Å². The van der Waals surface area contributed by atoms with E-state index in [2.05, 4.69) is 0 Å². The summed E-state index contributed by atoms with van der Waals surface area (Å²) >= 11 is 0. The molecule has 1 aliphatic rings. The molecule has 4 N–H and O–H groups in total. The van der Waals surface area contributed by atoms with Gasteiger partial charge in [0.15, 0.2) is 6.23 Å². The fourth-order valence-electron chi connectivity index (χ4n) is 2.04. The Bertz CT molecular complexity index is 674. The number of aromatic amines is 1. The van der Waals surface area contributed by atoms with Gasteiger partial charge in [0.05, 0.1) is 6.61 Å². The molecular weight excluding hydrogens is 270 g/mol. The van der Waals surface area contributed by atoms with Crippen LogP contribution in [0.2, 0.25) is 0 Å². The monoisotopic (exact) mass is 283 g/mol. The van der Waals surface area contributed by atoms with Gasteiger partial charge in [-0.2, -0.15) is 5.26 Å². The van der Waals surface area contributed by atoms with E-state index in [4.69, 9.17) is 10.00 Å². The molecule has 0 radical (unpaired) electrons. The standard InChI is InChI=1S/C11H13N3O6/c1-5-2-14(10(19)13-8(5)18)9-6(16)7(17)11(3-12,4-15)20-9/h2,6-7,9,15-17H,4H2,1H3,(H,13,18,19)/t6?,7?,9-,11-/m1/s1. The third-order valence-electron chi connectivity index (χ3n) is 3.27. The van der Waals surface area contributed by atoms with Crippen LogP contribution in [0.5, 0.6) is 0 Å². The smallest absolute Gasteiger partial charge is 0.330 e. The summed E-state index contributed by atoms with van der Waals surface area (Å²) in [6.45, 7) is 0.589. The summed E-state index contributed by atoms with van der Waals surface area (Å²) < 4.78 is 6.02. The van der Waals surface area contributed by atoms with Crippen molar-refractivity contribution in [2.24, 2.45) is 0 Å². The van der Waals surface area contributed by atoms with Crippen LogP contribution in [0.4, 0.5) is 0 Å². The van der Waals surface area contributed by atoms with Gasteiger partial charge in [0.25, 0.3) is 5.56 Å². The van der Waals surface area contributed by atoms with E-state index in [0.29, 0.717) is 0 Å². The minimum absolute atomic E-state index is 0.188. The van der Waals surface area contributed by atoms with E-state index >= 15 is 0 Å². The minimum Gasteiger partial charge on any atom is -0.392 e. The second kappa shape index (κ2) is 4.84. The lowest BCUT2D eigenvalue weighted by Crippen LogP contribution is -2.45. The zero-order valence-corrected chi connectivity index (χ0v) is 10.5. The lowest BCUT2D eigenvalue weighted by Gasteiger charge is -2.21. The third-order valence-corrected chi connectivity index (χ3v) is 3.27. The van der Waals surface area contributed by atoms with E-state index in [1.165, 1.54) is 6.92 Å². The Morgan fingerprint density at radius 1 is 1.55 bits per heavy atom. The fraction of sp³-hybridized carbons (Fsp3) is 0.545. The molecule has 1 aromatic heterocycles. The minimum atomic E-state index is -2.02. The molecule has 1 aromatic rings. The molecule has 2 unspecified atom stereocenters. The second-order valence-electron chi connectivity index (χ2n) is 4.58. The molecule has 9 heteroatoms. The van der Waals surface area contributed by atoms with Crippen LogP contribution in [0.15, 0.2) is 15.8 Å². The second-order valence-corrected chi connectivity index (χ2v) is 4.58. The first-order chi connectivity index (χ1) is 9.36. The Morgan fingerprint density at radius 3 is 2.70 bits per heavy atom. The highest BCUT2D eigenvalue weighted by Gasteiger charge is 2.55. The number of aliphatic hydroxyl groups is 3.